The van der Waals surface area contributed by atoms with Gasteiger partial charge in [-0.15, -0.1) is 23.1 Å². The molecule has 0 aliphatic heterocycles. The summed E-state index contributed by atoms with van der Waals surface area (Å²) in [5.41, 5.74) is 1.68. The van der Waals surface area contributed by atoms with E-state index in [1.165, 1.54) is 23.1 Å². The number of esters is 1. The Morgan fingerprint density at radius 3 is 2.68 bits per heavy atom. The number of carbonyl (C=O) groups excluding carboxylic acids is 1. The zero-order valence-electron chi connectivity index (χ0n) is 11.8. The van der Waals surface area contributed by atoms with E-state index < -0.39 is 5.97 Å². The molecule has 2 aromatic rings. The fourth-order valence-electron chi connectivity index (χ4n) is 1.92. The quantitative estimate of drug-likeness (QED) is 0.526. The Hall–Kier alpha value is -1.19. The van der Waals surface area contributed by atoms with Gasteiger partial charge in [-0.3, -0.25) is 0 Å². The van der Waals surface area contributed by atoms with Crippen LogP contribution in [0.2, 0.25) is 10.0 Å². The smallest absolute Gasteiger partial charge is 0.349 e. The van der Waals surface area contributed by atoms with Crippen molar-refractivity contribution in [2.24, 2.45) is 0 Å². The second-order valence-electron chi connectivity index (χ2n) is 4.13. The number of benzene rings is 1. The van der Waals surface area contributed by atoms with Gasteiger partial charge in [-0.2, -0.15) is 5.26 Å². The number of thiophene rings is 1. The molecule has 0 spiro atoms. The molecule has 0 N–H and O–H groups in total. The van der Waals surface area contributed by atoms with E-state index in [0.717, 1.165) is 4.21 Å². The lowest BCUT2D eigenvalue weighted by Crippen LogP contribution is -2.04. The Kier molecular flexibility index (Phi) is 5.76. The predicted molar refractivity (Wildman–Crippen MR) is 92.2 cm³/mol. The Bertz CT molecular complexity index is 766. The molecular formula is C15H11Cl2NO2S2. The van der Waals surface area contributed by atoms with Crippen molar-refractivity contribution in [1.29, 1.82) is 5.26 Å². The molecule has 0 aliphatic carbocycles. The van der Waals surface area contributed by atoms with E-state index in [-0.39, 0.29) is 6.61 Å². The summed E-state index contributed by atoms with van der Waals surface area (Å²) in [4.78, 5) is 12.6. The second kappa shape index (κ2) is 7.38. The first-order valence-electron chi connectivity index (χ1n) is 6.26. The standard InChI is InChI=1S/C15H11Cl2NO2S2/c1-3-20-14(19)13-12(9(7-18)15(21-2)22-13)8-4-5-10(16)11(17)6-8/h4-6H,3H2,1-2H3. The van der Waals surface area contributed by atoms with Gasteiger partial charge < -0.3 is 4.74 Å². The van der Waals surface area contributed by atoms with Crippen molar-refractivity contribution >= 4 is 52.3 Å². The molecule has 0 saturated heterocycles. The number of nitrogens with zero attached hydrogens (tertiary/aromatic N) is 1. The van der Waals surface area contributed by atoms with Gasteiger partial charge in [0, 0.05) is 5.56 Å². The molecule has 0 aliphatic rings. The molecule has 0 radical (unpaired) electrons. The van der Waals surface area contributed by atoms with Crippen molar-refractivity contribution in [1.82, 2.24) is 0 Å². The van der Waals surface area contributed by atoms with Gasteiger partial charge in [0.25, 0.3) is 0 Å². The third-order valence-electron chi connectivity index (χ3n) is 2.84. The van der Waals surface area contributed by atoms with Crippen LogP contribution in [0.4, 0.5) is 0 Å². The molecule has 114 valence electrons. The Labute approximate surface area is 146 Å². The molecule has 0 saturated carbocycles. The summed E-state index contributed by atoms with van der Waals surface area (Å²) in [6, 6.07) is 7.21. The summed E-state index contributed by atoms with van der Waals surface area (Å²) >= 11 is 14.7. The number of nitriles is 1. The third-order valence-corrected chi connectivity index (χ3v) is 5.87. The number of thioether (sulfide) groups is 1. The van der Waals surface area contributed by atoms with E-state index in [4.69, 9.17) is 27.9 Å². The van der Waals surface area contributed by atoms with Crippen molar-refractivity contribution in [3.8, 4) is 17.2 Å². The molecule has 0 amide bonds. The van der Waals surface area contributed by atoms with Crippen LogP contribution in [0, 0.1) is 11.3 Å². The number of ether oxygens (including phenoxy) is 1. The van der Waals surface area contributed by atoms with Crippen molar-refractivity contribution in [2.45, 2.75) is 11.1 Å². The first-order valence-corrected chi connectivity index (χ1v) is 9.06. The van der Waals surface area contributed by atoms with E-state index >= 15 is 0 Å². The molecule has 0 fully saturated rings. The maximum atomic E-state index is 12.2. The number of carbonyl (C=O) groups is 1. The lowest BCUT2D eigenvalue weighted by molar-refractivity contribution is 0.0533. The number of hydrogen-bond acceptors (Lipinski definition) is 5. The summed E-state index contributed by atoms with van der Waals surface area (Å²) in [6.45, 7) is 2.01. The molecule has 0 bridgehead atoms. The van der Waals surface area contributed by atoms with E-state index in [1.54, 1.807) is 25.1 Å². The Morgan fingerprint density at radius 2 is 2.14 bits per heavy atom. The lowest BCUT2D eigenvalue weighted by atomic mass is 10.0. The van der Waals surface area contributed by atoms with E-state index in [9.17, 15) is 10.1 Å². The summed E-state index contributed by atoms with van der Waals surface area (Å²) in [7, 11) is 0. The second-order valence-corrected chi connectivity index (χ2v) is 7.04. The first kappa shape index (κ1) is 17.2. The molecule has 0 unspecified atom stereocenters. The molecule has 7 heteroatoms. The van der Waals surface area contributed by atoms with Crippen LogP contribution in [0.3, 0.4) is 0 Å². The van der Waals surface area contributed by atoms with E-state index in [2.05, 4.69) is 6.07 Å². The largest absolute Gasteiger partial charge is 0.462 e. The first-order chi connectivity index (χ1) is 10.5. The highest BCUT2D eigenvalue weighted by atomic mass is 35.5. The van der Waals surface area contributed by atoms with Crippen LogP contribution in [-0.2, 0) is 4.74 Å². The molecule has 2 rings (SSSR count). The number of rotatable bonds is 4. The summed E-state index contributed by atoms with van der Waals surface area (Å²) < 4.78 is 5.87. The van der Waals surface area contributed by atoms with Crippen LogP contribution in [0.25, 0.3) is 11.1 Å². The van der Waals surface area contributed by atoms with Crippen LogP contribution in [0.1, 0.15) is 22.2 Å². The fraction of sp³-hybridized carbons (Fsp3) is 0.200. The van der Waals surface area contributed by atoms with Gasteiger partial charge in [0.1, 0.15) is 10.9 Å². The zero-order chi connectivity index (χ0) is 16.3. The van der Waals surface area contributed by atoms with Crippen molar-refractivity contribution in [2.75, 3.05) is 12.9 Å². The molecule has 0 atom stereocenters. The maximum absolute atomic E-state index is 12.2. The van der Waals surface area contributed by atoms with Gasteiger partial charge in [-0.1, -0.05) is 29.3 Å². The van der Waals surface area contributed by atoms with Gasteiger partial charge in [0.2, 0.25) is 0 Å². The topological polar surface area (TPSA) is 50.1 Å². The zero-order valence-corrected chi connectivity index (χ0v) is 14.9. The van der Waals surface area contributed by atoms with E-state index in [1.807, 2.05) is 6.26 Å². The van der Waals surface area contributed by atoms with Crippen LogP contribution >= 0.6 is 46.3 Å². The Morgan fingerprint density at radius 1 is 1.41 bits per heavy atom. The van der Waals surface area contributed by atoms with Gasteiger partial charge in [0.05, 0.1) is 26.4 Å². The molecule has 1 aromatic carbocycles. The monoisotopic (exact) mass is 371 g/mol. The number of hydrogen-bond donors (Lipinski definition) is 0. The highest BCUT2D eigenvalue weighted by molar-refractivity contribution is 8.00. The minimum Gasteiger partial charge on any atom is -0.462 e. The summed E-state index contributed by atoms with van der Waals surface area (Å²) in [6.07, 6.45) is 1.86. The normalized spacial score (nSPS) is 10.3. The van der Waals surface area contributed by atoms with Crippen molar-refractivity contribution < 1.29 is 9.53 Å². The highest BCUT2D eigenvalue weighted by Gasteiger charge is 2.25. The molecule has 22 heavy (non-hydrogen) atoms. The van der Waals surface area contributed by atoms with Crippen LogP contribution < -0.4 is 0 Å². The SMILES string of the molecule is CCOC(=O)c1sc(SC)c(C#N)c1-c1ccc(Cl)c(Cl)c1. The fourth-order valence-corrected chi connectivity index (χ4v) is 4.06. The lowest BCUT2D eigenvalue weighted by Gasteiger charge is -2.06. The van der Waals surface area contributed by atoms with Crippen molar-refractivity contribution in [3.63, 3.8) is 0 Å². The van der Waals surface area contributed by atoms with Crippen LogP contribution in [-0.4, -0.2) is 18.8 Å². The van der Waals surface area contributed by atoms with E-state index in [0.29, 0.717) is 31.6 Å². The highest BCUT2D eigenvalue weighted by Crippen LogP contribution is 2.42. The molecule has 3 nitrogen and oxygen atoms in total. The number of halogens is 2. The summed E-state index contributed by atoms with van der Waals surface area (Å²) in [5, 5.41) is 10.3. The minimum atomic E-state index is -0.439. The van der Waals surface area contributed by atoms with Gasteiger partial charge >= 0.3 is 5.97 Å². The van der Waals surface area contributed by atoms with Gasteiger partial charge in [-0.05, 0) is 30.9 Å². The molecule has 1 aromatic heterocycles. The van der Waals surface area contributed by atoms with Crippen LogP contribution in [0.5, 0.6) is 0 Å². The minimum absolute atomic E-state index is 0.272. The van der Waals surface area contributed by atoms with Crippen molar-refractivity contribution in [3.05, 3.63) is 38.7 Å². The van der Waals surface area contributed by atoms with Crippen LogP contribution in [0.15, 0.2) is 22.4 Å². The third kappa shape index (κ3) is 3.26. The average molecular weight is 372 g/mol. The molecule has 1 heterocycles. The average Bonchev–Trinajstić information content (AvgIpc) is 2.89. The predicted octanol–water partition coefficient (Wildman–Crippen LogP) is 5.49. The van der Waals surface area contributed by atoms with Gasteiger partial charge in [0.15, 0.2) is 0 Å². The van der Waals surface area contributed by atoms with Gasteiger partial charge in [-0.25, -0.2) is 4.79 Å². The maximum Gasteiger partial charge on any atom is 0.349 e. The summed E-state index contributed by atoms with van der Waals surface area (Å²) in [5.74, 6) is -0.439. The Balaban J connectivity index is 2.70. The molecular weight excluding hydrogens is 361 g/mol.